The van der Waals surface area contributed by atoms with Gasteiger partial charge in [-0.1, -0.05) is 15.9 Å². The third-order valence-corrected chi connectivity index (χ3v) is 3.83. The summed E-state index contributed by atoms with van der Waals surface area (Å²) in [4.78, 5) is 2.37. The van der Waals surface area contributed by atoms with Gasteiger partial charge in [-0.3, -0.25) is 4.90 Å². The minimum absolute atomic E-state index is 0. The van der Waals surface area contributed by atoms with Gasteiger partial charge in [-0.25, -0.2) is 4.39 Å². The largest absolute Gasteiger partial charge is 0.330 e. The topological polar surface area (TPSA) is 29.3 Å². The van der Waals surface area contributed by atoms with E-state index in [-0.39, 0.29) is 18.2 Å². The van der Waals surface area contributed by atoms with Crippen molar-refractivity contribution in [2.75, 3.05) is 19.6 Å². The number of hydrogen-bond donors (Lipinski definition) is 1. The molecule has 0 bridgehead atoms. The van der Waals surface area contributed by atoms with Crippen molar-refractivity contribution in [3.8, 4) is 0 Å². The third-order valence-electron chi connectivity index (χ3n) is 3.37. The highest BCUT2D eigenvalue weighted by atomic mass is 79.9. The Morgan fingerprint density at radius 3 is 2.50 bits per heavy atom. The zero-order valence-corrected chi connectivity index (χ0v) is 12.6. The second kappa shape index (κ2) is 7.43. The van der Waals surface area contributed by atoms with Crippen molar-refractivity contribution < 1.29 is 4.39 Å². The molecule has 0 amide bonds. The van der Waals surface area contributed by atoms with Gasteiger partial charge in [0.25, 0.3) is 0 Å². The molecule has 1 heterocycles. The first-order chi connectivity index (χ1) is 8.17. The minimum atomic E-state index is -0.175. The molecule has 1 fully saturated rings. The summed E-state index contributed by atoms with van der Waals surface area (Å²) in [5, 5.41) is 0. The van der Waals surface area contributed by atoms with Gasteiger partial charge >= 0.3 is 0 Å². The summed E-state index contributed by atoms with van der Waals surface area (Å²) in [5.74, 6) is 0.497. The van der Waals surface area contributed by atoms with Crippen molar-refractivity contribution in [2.24, 2.45) is 11.7 Å². The molecule has 5 heteroatoms. The van der Waals surface area contributed by atoms with Crippen LogP contribution in [0, 0.1) is 11.7 Å². The Labute approximate surface area is 122 Å². The van der Waals surface area contributed by atoms with Crippen LogP contribution in [0.4, 0.5) is 4.39 Å². The number of nitrogens with two attached hydrogens (primary N) is 1. The molecule has 2 N–H and O–H groups in total. The zero-order valence-electron chi connectivity index (χ0n) is 10.2. The molecule has 0 radical (unpaired) electrons. The molecule has 2 rings (SSSR count). The van der Waals surface area contributed by atoms with Crippen LogP contribution in [-0.2, 0) is 6.54 Å². The molecule has 0 unspecified atom stereocenters. The standard InChI is InChI=1S/C13H18BrFN2.ClH/c14-12-5-11(6-13(15)7-12)9-17-3-1-10(8-16)2-4-17;/h5-7,10H,1-4,8-9,16H2;1H. The Kier molecular flexibility index (Phi) is 6.57. The summed E-state index contributed by atoms with van der Waals surface area (Å²) in [7, 11) is 0. The van der Waals surface area contributed by atoms with Gasteiger partial charge in [0.05, 0.1) is 0 Å². The second-order valence-corrected chi connectivity index (χ2v) is 5.65. The maximum absolute atomic E-state index is 13.2. The van der Waals surface area contributed by atoms with Gasteiger partial charge < -0.3 is 5.73 Å². The van der Waals surface area contributed by atoms with Crippen molar-refractivity contribution in [2.45, 2.75) is 19.4 Å². The van der Waals surface area contributed by atoms with E-state index in [0.29, 0.717) is 5.92 Å². The average Bonchev–Trinajstić information content (AvgIpc) is 2.28. The summed E-state index contributed by atoms with van der Waals surface area (Å²) >= 11 is 3.32. The van der Waals surface area contributed by atoms with Crippen molar-refractivity contribution in [3.05, 3.63) is 34.1 Å². The Morgan fingerprint density at radius 2 is 1.94 bits per heavy atom. The predicted molar refractivity (Wildman–Crippen MR) is 78.4 cm³/mol. The highest BCUT2D eigenvalue weighted by molar-refractivity contribution is 9.10. The Hall–Kier alpha value is -0.160. The van der Waals surface area contributed by atoms with Gasteiger partial charge in [-0.2, -0.15) is 0 Å². The van der Waals surface area contributed by atoms with E-state index in [1.165, 1.54) is 6.07 Å². The number of nitrogens with zero attached hydrogens (tertiary/aromatic N) is 1. The Balaban J connectivity index is 0.00000162. The number of likely N-dealkylation sites (tertiary alicyclic amines) is 1. The molecule has 1 aromatic carbocycles. The van der Waals surface area contributed by atoms with Gasteiger partial charge in [0, 0.05) is 11.0 Å². The molecule has 0 atom stereocenters. The summed E-state index contributed by atoms with van der Waals surface area (Å²) in [6.45, 7) is 3.75. The highest BCUT2D eigenvalue weighted by Gasteiger charge is 2.18. The maximum Gasteiger partial charge on any atom is 0.124 e. The molecule has 0 saturated carbocycles. The van der Waals surface area contributed by atoms with Crippen LogP contribution in [0.5, 0.6) is 0 Å². The molecule has 2 nitrogen and oxygen atoms in total. The van der Waals surface area contributed by atoms with Gasteiger partial charge in [0.2, 0.25) is 0 Å². The first kappa shape index (κ1) is 15.9. The highest BCUT2D eigenvalue weighted by Crippen LogP contribution is 2.20. The van der Waals surface area contributed by atoms with Gasteiger partial charge in [0.1, 0.15) is 5.82 Å². The van der Waals surface area contributed by atoms with Crippen LogP contribution < -0.4 is 5.73 Å². The fourth-order valence-electron chi connectivity index (χ4n) is 2.34. The van der Waals surface area contributed by atoms with Crippen LogP contribution in [0.1, 0.15) is 18.4 Å². The normalized spacial score (nSPS) is 17.5. The number of benzene rings is 1. The lowest BCUT2D eigenvalue weighted by Crippen LogP contribution is -2.35. The number of halogens is 3. The quantitative estimate of drug-likeness (QED) is 0.918. The molecule has 1 aromatic rings. The van der Waals surface area contributed by atoms with Crippen molar-refractivity contribution in [1.29, 1.82) is 0 Å². The third kappa shape index (κ3) is 4.50. The maximum atomic E-state index is 13.2. The van der Waals surface area contributed by atoms with E-state index in [9.17, 15) is 4.39 Å². The molecular weight excluding hydrogens is 319 g/mol. The zero-order chi connectivity index (χ0) is 12.3. The molecular formula is C13H19BrClFN2. The van der Waals surface area contributed by atoms with E-state index in [2.05, 4.69) is 20.8 Å². The number of piperidine rings is 1. The average molecular weight is 338 g/mol. The van der Waals surface area contributed by atoms with Crippen LogP contribution in [0.2, 0.25) is 0 Å². The van der Waals surface area contributed by atoms with E-state index in [4.69, 9.17) is 5.73 Å². The van der Waals surface area contributed by atoms with Gasteiger partial charge in [0.15, 0.2) is 0 Å². The van der Waals surface area contributed by atoms with E-state index >= 15 is 0 Å². The fourth-order valence-corrected chi connectivity index (χ4v) is 2.85. The lowest BCUT2D eigenvalue weighted by molar-refractivity contribution is 0.180. The van der Waals surface area contributed by atoms with E-state index < -0.39 is 0 Å². The number of rotatable bonds is 3. The minimum Gasteiger partial charge on any atom is -0.330 e. The van der Waals surface area contributed by atoms with E-state index in [1.807, 2.05) is 6.07 Å². The molecule has 1 aliphatic heterocycles. The van der Waals surface area contributed by atoms with E-state index in [0.717, 1.165) is 49.1 Å². The van der Waals surface area contributed by atoms with Crippen LogP contribution in [-0.4, -0.2) is 24.5 Å². The van der Waals surface area contributed by atoms with E-state index in [1.54, 1.807) is 6.07 Å². The molecule has 18 heavy (non-hydrogen) atoms. The summed E-state index contributed by atoms with van der Waals surface area (Å²) in [6, 6.07) is 5.09. The monoisotopic (exact) mass is 336 g/mol. The smallest absolute Gasteiger partial charge is 0.124 e. The van der Waals surface area contributed by atoms with Gasteiger partial charge in [-0.05, 0) is 62.2 Å². The second-order valence-electron chi connectivity index (χ2n) is 4.73. The van der Waals surface area contributed by atoms with Gasteiger partial charge in [-0.15, -0.1) is 12.4 Å². The van der Waals surface area contributed by atoms with Crippen molar-refractivity contribution in [1.82, 2.24) is 4.90 Å². The molecule has 0 spiro atoms. The van der Waals surface area contributed by atoms with Crippen LogP contribution in [0.3, 0.4) is 0 Å². The predicted octanol–water partition coefficient (Wildman–Crippen LogP) is 3.18. The Morgan fingerprint density at radius 1 is 1.28 bits per heavy atom. The summed E-state index contributed by atoms with van der Waals surface area (Å²) < 4.78 is 14.0. The SMILES string of the molecule is Cl.NCC1CCN(Cc2cc(F)cc(Br)c2)CC1. The molecule has 102 valence electrons. The molecule has 1 saturated heterocycles. The number of hydrogen-bond acceptors (Lipinski definition) is 2. The van der Waals surface area contributed by atoms with Crippen LogP contribution in [0.25, 0.3) is 0 Å². The Bertz CT molecular complexity index is 361. The molecule has 0 aliphatic carbocycles. The summed E-state index contributed by atoms with van der Waals surface area (Å²) in [5.41, 5.74) is 6.70. The fraction of sp³-hybridized carbons (Fsp3) is 0.538. The van der Waals surface area contributed by atoms with Crippen molar-refractivity contribution >= 4 is 28.3 Å². The van der Waals surface area contributed by atoms with Crippen LogP contribution >= 0.6 is 28.3 Å². The molecule has 0 aromatic heterocycles. The first-order valence-corrected chi connectivity index (χ1v) is 6.84. The molecule has 1 aliphatic rings. The summed E-state index contributed by atoms with van der Waals surface area (Å²) in [6.07, 6.45) is 2.32. The first-order valence-electron chi connectivity index (χ1n) is 6.05. The lowest BCUT2D eigenvalue weighted by atomic mass is 9.97. The van der Waals surface area contributed by atoms with Crippen molar-refractivity contribution in [3.63, 3.8) is 0 Å². The van der Waals surface area contributed by atoms with Crippen LogP contribution in [0.15, 0.2) is 22.7 Å². The lowest BCUT2D eigenvalue weighted by Gasteiger charge is -2.31.